The predicted molar refractivity (Wildman–Crippen MR) is 129 cm³/mol. The number of methoxy groups -OCH3 is 1. The third-order valence-electron chi connectivity index (χ3n) is 4.31. The van der Waals surface area contributed by atoms with Gasteiger partial charge in [-0.05, 0) is 54.6 Å². The van der Waals surface area contributed by atoms with Crippen molar-refractivity contribution in [3.63, 3.8) is 0 Å². The number of hydrogen-bond acceptors (Lipinski definition) is 4. The monoisotopic (exact) mass is 532 g/mol. The fourth-order valence-corrected chi connectivity index (χ4v) is 5.06. The smallest absolute Gasteiger partial charge is 0.264 e. The van der Waals surface area contributed by atoms with Gasteiger partial charge in [0, 0.05) is 21.8 Å². The van der Waals surface area contributed by atoms with Crippen LogP contribution in [0.5, 0.6) is 5.75 Å². The number of rotatable bonds is 7. The first-order valence-electron chi connectivity index (χ1n) is 8.98. The summed E-state index contributed by atoms with van der Waals surface area (Å²) in [5, 5.41) is 3.71. The van der Waals surface area contributed by atoms with Gasteiger partial charge in [-0.3, -0.25) is 9.10 Å². The molecule has 0 fully saturated rings. The summed E-state index contributed by atoms with van der Waals surface area (Å²) in [5.74, 6) is -0.407. The second-order valence-corrected chi connectivity index (χ2v) is 10.0. The molecule has 11 heteroatoms. The summed E-state index contributed by atoms with van der Waals surface area (Å²) in [7, 11) is -2.84. The zero-order valence-corrected chi connectivity index (χ0v) is 20.3. The van der Waals surface area contributed by atoms with Crippen molar-refractivity contribution < 1.29 is 17.9 Å². The van der Waals surface area contributed by atoms with Crippen LogP contribution < -0.4 is 14.4 Å². The molecule has 1 amide bonds. The molecule has 0 radical (unpaired) electrons. The van der Waals surface area contributed by atoms with Crippen LogP contribution in [0, 0.1) is 0 Å². The molecular weight excluding hydrogens is 518 g/mol. The van der Waals surface area contributed by atoms with E-state index in [1.165, 1.54) is 43.5 Å². The predicted octanol–water partition coefficient (Wildman–Crippen LogP) is 6.14. The van der Waals surface area contributed by atoms with Gasteiger partial charge in [0.25, 0.3) is 10.0 Å². The Hall–Kier alpha value is -2.16. The molecule has 0 saturated carbocycles. The number of hydrogen-bond donors (Lipinski definition) is 1. The second kappa shape index (κ2) is 10.2. The van der Waals surface area contributed by atoms with Gasteiger partial charge in [0.15, 0.2) is 0 Å². The lowest BCUT2D eigenvalue weighted by atomic mass is 10.3. The third-order valence-corrected chi connectivity index (χ3v) is 7.18. The van der Waals surface area contributed by atoms with Crippen molar-refractivity contribution in [3.05, 3.63) is 80.8 Å². The minimum Gasteiger partial charge on any atom is -0.495 e. The number of nitrogens with zero attached hydrogens (tertiary/aromatic N) is 1. The molecule has 3 aromatic carbocycles. The van der Waals surface area contributed by atoms with Crippen molar-refractivity contribution in [2.45, 2.75) is 4.90 Å². The number of ether oxygens (including phenoxy) is 1. The number of halogens is 4. The Labute approximate surface area is 205 Å². The van der Waals surface area contributed by atoms with Crippen LogP contribution in [-0.4, -0.2) is 28.0 Å². The maximum absolute atomic E-state index is 13.5. The lowest BCUT2D eigenvalue weighted by Crippen LogP contribution is -2.38. The molecule has 32 heavy (non-hydrogen) atoms. The Morgan fingerprint density at radius 3 is 2.03 bits per heavy atom. The van der Waals surface area contributed by atoms with Crippen LogP contribution in [0.3, 0.4) is 0 Å². The van der Waals surface area contributed by atoms with E-state index >= 15 is 0 Å². The van der Waals surface area contributed by atoms with Gasteiger partial charge >= 0.3 is 0 Å². The molecule has 3 rings (SSSR count). The average molecular weight is 534 g/mol. The molecule has 0 spiro atoms. The van der Waals surface area contributed by atoms with Gasteiger partial charge in [-0.15, -0.1) is 0 Å². The first-order valence-corrected chi connectivity index (χ1v) is 11.9. The van der Waals surface area contributed by atoms with Crippen LogP contribution in [0.15, 0.2) is 65.6 Å². The highest BCUT2D eigenvalue weighted by molar-refractivity contribution is 7.92. The Morgan fingerprint density at radius 2 is 1.47 bits per heavy atom. The van der Waals surface area contributed by atoms with E-state index < -0.39 is 22.5 Å². The summed E-state index contributed by atoms with van der Waals surface area (Å²) in [6, 6.07) is 14.6. The Bertz CT molecular complexity index is 1230. The van der Waals surface area contributed by atoms with Crippen LogP contribution in [-0.2, 0) is 14.8 Å². The average Bonchev–Trinajstić information content (AvgIpc) is 2.74. The van der Waals surface area contributed by atoms with Crippen molar-refractivity contribution >= 4 is 73.7 Å². The minimum atomic E-state index is -4.22. The lowest BCUT2D eigenvalue weighted by Gasteiger charge is -2.25. The van der Waals surface area contributed by atoms with E-state index in [0.717, 1.165) is 4.31 Å². The summed E-state index contributed by atoms with van der Waals surface area (Å²) in [5.41, 5.74) is 0.470. The SMILES string of the molecule is COc1cc(N(CC(=O)Nc2ccc(Cl)cc2)S(=O)(=O)c2ccc(Cl)cc2)c(Cl)cc1Cl. The molecule has 0 saturated heterocycles. The van der Waals surface area contributed by atoms with Crippen LogP contribution in [0.25, 0.3) is 0 Å². The second-order valence-electron chi connectivity index (χ2n) is 6.46. The van der Waals surface area contributed by atoms with E-state index in [1.54, 1.807) is 24.3 Å². The number of nitrogens with one attached hydrogen (secondary N) is 1. The summed E-state index contributed by atoms with van der Waals surface area (Å²) < 4.78 is 33.0. The van der Waals surface area contributed by atoms with E-state index in [4.69, 9.17) is 51.1 Å². The van der Waals surface area contributed by atoms with E-state index in [9.17, 15) is 13.2 Å². The molecule has 3 aromatic rings. The van der Waals surface area contributed by atoms with Gasteiger partial charge in [0.2, 0.25) is 5.91 Å². The fraction of sp³-hybridized carbons (Fsp3) is 0.0952. The molecule has 0 aliphatic rings. The van der Waals surface area contributed by atoms with E-state index in [2.05, 4.69) is 5.32 Å². The molecule has 0 aliphatic carbocycles. The molecule has 0 bridgehead atoms. The molecule has 0 aromatic heterocycles. The molecular formula is C21H16Cl4N2O4S. The van der Waals surface area contributed by atoms with Gasteiger partial charge in [-0.25, -0.2) is 8.42 Å². The molecule has 0 aliphatic heterocycles. The van der Waals surface area contributed by atoms with Crippen molar-refractivity contribution in [2.75, 3.05) is 23.3 Å². The van der Waals surface area contributed by atoms with Gasteiger partial charge in [-0.2, -0.15) is 0 Å². The molecule has 0 atom stereocenters. The summed E-state index contributed by atoms with van der Waals surface area (Å²) >= 11 is 24.2. The van der Waals surface area contributed by atoms with Gasteiger partial charge in [-0.1, -0.05) is 46.4 Å². The lowest BCUT2D eigenvalue weighted by molar-refractivity contribution is -0.114. The summed E-state index contributed by atoms with van der Waals surface area (Å²) in [6.07, 6.45) is 0. The standard InChI is InChI=1S/C21H16Cl4N2O4S/c1-31-20-11-19(17(24)10-18(20)25)27(32(29,30)16-8-4-14(23)5-9-16)12-21(28)26-15-6-2-13(22)3-7-15/h2-11H,12H2,1H3,(H,26,28). The molecule has 168 valence electrons. The van der Waals surface area contributed by atoms with Crippen molar-refractivity contribution in [3.8, 4) is 5.75 Å². The first kappa shape index (κ1) is 24.5. The largest absolute Gasteiger partial charge is 0.495 e. The Balaban J connectivity index is 2.04. The van der Waals surface area contributed by atoms with E-state index in [1.807, 2.05) is 0 Å². The highest BCUT2D eigenvalue weighted by atomic mass is 35.5. The maximum atomic E-state index is 13.5. The summed E-state index contributed by atoms with van der Waals surface area (Å²) in [6.45, 7) is -0.571. The van der Waals surface area contributed by atoms with Crippen LogP contribution in [0.2, 0.25) is 20.1 Å². The number of benzene rings is 3. The molecule has 6 nitrogen and oxygen atoms in total. The Kier molecular flexibility index (Phi) is 7.79. The third kappa shape index (κ3) is 5.60. The maximum Gasteiger partial charge on any atom is 0.264 e. The fourth-order valence-electron chi connectivity index (χ4n) is 2.76. The molecule has 0 unspecified atom stereocenters. The van der Waals surface area contributed by atoms with E-state index in [-0.39, 0.29) is 26.4 Å². The van der Waals surface area contributed by atoms with Crippen LogP contribution in [0.4, 0.5) is 11.4 Å². The van der Waals surface area contributed by atoms with Crippen LogP contribution in [0.1, 0.15) is 0 Å². The number of anilines is 2. The number of sulfonamides is 1. The van der Waals surface area contributed by atoms with Crippen molar-refractivity contribution in [2.24, 2.45) is 0 Å². The van der Waals surface area contributed by atoms with Gasteiger partial charge < -0.3 is 10.1 Å². The van der Waals surface area contributed by atoms with Crippen molar-refractivity contribution in [1.29, 1.82) is 0 Å². The highest BCUT2D eigenvalue weighted by Gasteiger charge is 2.30. The Morgan fingerprint density at radius 1 is 0.906 bits per heavy atom. The zero-order chi connectivity index (χ0) is 23.5. The number of carbonyl (C=O) groups excluding carboxylic acids is 1. The van der Waals surface area contributed by atoms with E-state index in [0.29, 0.717) is 15.7 Å². The number of amides is 1. The minimum absolute atomic E-state index is 0.0210. The van der Waals surface area contributed by atoms with Gasteiger partial charge in [0.05, 0.1) is 27.7 Å². The van der Waals surface area contributed by atoms with Gasteiger partial charge in [0.1, 0.15) is 12.3 Å². The molecule has 0 heterocycles. The summed E-state index contributed by atoms with van der Waals surface area (Å²) in [4.78, 5) is 12.7. The normalized spacial score (nSPS) is 11.2. The zero-order valence-electron chi connectivity index (χ0n) is 16.5. The highest BCUT2D eigenvalue weighted by Crippen LogP contribution is 2.38. The number of carbonyl (C=O) groups is 1. The van der Waals surface area contributed by atoms with Crippen molar-refractivity contribution in [1.82, 2.24) is 0 Å². The quantitative estimate of drug-likeness (QED) is 0.395. The first-order chi connectivity index (χ1) is 15.1. The topological polar surface area (TPSA) is 75.7 Å². The molecule has 1 N–H and O–H groups in total. The van der Waals surface area contributed by atoms with Crippen LogP contribution >= 0.6 is 46.4 Å².